The molecule has 0 saturated carbocycles. The number of anilines is 1. The van der Waals surface area contributed by atoms with Crippen LogP contribution in [0.4, 0.5) is 11.4 Å². The molecule has 3 aromatic rings. The molecule has 9 nitrogen and oxygen atoms in total. The topological polar surface area (TPSA) is 116 Å². The Balaban J connectivity index is 1.71. The first-order chi connectivity index (χ1) is 13.5. The third-order valence-corrected chi connectivity index (χ3v) is 4.89. The van der Waals surface area contributed by atoms with Gasteiger partial charge in [0.25, 0.3) is 5.69 Å². The van der Waals surface area contributed by atoms with Crippen LogP contribution in [0.2, 0.25) is 0 Å². The van der Waals surface area contributed by atoms with Gasteiger partial charge >= 0.3 is 0 Å². The molecule has 2 aromatic heterocycles. The number of nitrogens with zero attached hydrogens (tertiary/aromatic N) is 5. The van der Waals surface area contributed by atoms with Crippen LogP contribution in [0, 0.1) is 17.0 Å². The quantitative estimate of drug-likeness (QED) is 0.369. The monoisotopic (exact) mass is 398 g/mol. The summed E-state index contributed by atoms with van der Waals surface area (Å²) in [7, 11) is 0. The molecule has 1 aromatic carbocycles. The van der Waals surface area contributed by atoms with Gasteiger partial charge in [0.15, 0.2) is 11.0 Å². The van der Waals surface area contributed by atoms with Crippen molar-refractivity contribution < 1.29 is 9.72 Å². The number of nitro benzene ring substituents is 1. The highest BCUT2D eigenvalue weighted by atomic mass is 32.2. The van der Waals surface area contributed by atoms with Crippen LogP contribution in [0.3, 0.4) is 0 Å². The molecule has 0 aliphatic carbocycles. The Morgan fingerprint density at radius 3 is 2.68 bits per heavy atom. The number of nitrogens with one attached hydrogen (secondary N) is 1. The summed E-state index contributed by atoms with van der Waals surface area (Å²) < 4.78 is 1.90. The van der Waals surface area contributed by atoms with Crippen LogP contribution in [-0.2, 0) is 11.3 Å². The molecule has 0 saturated heterocycles. The Labute approximate surface area is 165 Å². The SMILES string of the molecule is CCn1c(SCC(=O)Nc2ccc(C)cc2[N+](=O)[O-])nnc1-c1ccncc1. The summed E-state index contributed by atoms with van der Waals surface area (Å²) >= 11 is 1.22. The smallest absolute Gasteiger partial charge is 0.293 e. The van der Waals surface area contributed by atoms with Crippen molar-refractivity contribution in [3.05, 3.63) is 58.4 Å². The molecule has 0 spiro atoms. The lowest BCUT2D eigenvalue weighted by Gasteiger charge is -2.08. The molecule has 3 rings (SSSR count). The second-order valence-electron chi connectivity index (χ2n) is 5.90. The zero-order chi connectivity index (χ0) is 20.1. The molecule has 2 heterocycles. The van der Waals surface area contributed by atoms with Gasteiger partial charge in [-0.15, -0.1) is 10.2 Å². The minimum atomic E-state index is -0.509. The van der Waals surface area contributed by atoms with E-state index in [1.54, 1.807) is 25.4 Å². The summed E-state index contributed by atoms with van der Waals surface area (Å²) in [5, 5.41) is 22.8. The first-order valence-electron chi connectivity index (χ1n) is 8.51. The Bertz CT molecular complexity index is 1010. The van der Waals surface area contributed by atoms with Crippen molar-refractivity contribution in [2.45, 2.75) is 25.5 Å². The number of benzene rings is 1. The number of carbonyl (C=O) groups is 1. The van der Waals surface area contributed by atoms with Crippen LogP contribution >= 0.6 is 11.8 Å². The molecule has 0 atom stereocenters. The van der Waals surface area contributed by atoms with Crippen molar-refractivity contribution in [1.82, 2.24) is 19.7 Å². The average Bonchev–Trinajstić information content (AvgIpc) is 3.11. The molecule has 10 heteroatoms. The van der Waals surface area contributed by atoms with E-state index in [9.17, 15) is 14.9 Å². The van der Waals surface area contributed by atoms with Gasteiger partial charge in [-0.3, -0.25) is 19.9 Å². The summed E-state index contributed by atoms with van der Waals surface area (Å²) in [4.78, 5) is 27.0. The molecule has 0 bridgehead atoms. The van der Waals surface area contributed by atoms with E-state index >= 15 is 0 Å². The van der Waals surface area contributed by atoms with E-state index in [-0.39, 0.29) is 23.0 Å². The molecule has 0 fully saturated rings. The van der Waals surface area contributed by atoms with Crippen molar-refractivity contribution in [3.63, 3.8) is 0 Å². The van der Waals surface area contributed by atoms with E-state index in [4.69, 9.17) is 0 Å². The van der Waals surface area contributed by atoms with Crippen molar-refractivity contribution >= 4 is 29.0 Å². The number of aryl methyl sites for hydroxylation is 1. The Morgan fingerprint density at radius 1 is 1.25 bits per heavy atom. The fraction of sp³-hybridized carbons (Fsp3) is 0.222. The third kappa shape index (κ3) is 4.34. The van der Waals surface area contributed by atoms with Gasteiger partial charge in [0.05, 0.1) is 10.7 Å². The Hall–Kier alpha value is -3.27. The lowest BCUT2D eigenvalue weighted by molar-refractivity contribution is -0.384. The first kappa shape index (κ1) is 19.5. The number of thioether (sulfide) groups is 1. The molecule has 0 aliphatic heterocycles. The van der Waals surface area contributed by atoms with Gasteiger partial charge in [-0.2, -0.15) is 0 Å². The van der Waals surface area contributed by atoms with Crippen molar-refractivity contribution in [3.8, 4) is 11.4 Å². The number of rotatable bonds is 7. The number of carbonyl (C=O) groups excluding carboxylic acids is 1. The van der Waals surface area contributed by atoms with Crippen LogP contribution in [0.15, 0.2) is 47.9 Å². The molecular weight excluding hydrogens is 380 g/mol. The van der Waals surface area contributed by atoms with Crippen LogP contribution < -0.4 is 5.32 Å². The van der Waals surface area contributed by atoms with Gasteiger partial charge in [-0.25, -0.2) is 0 Å². The van der Waals surface area contributed by atoms with Crippen LogP contribution in [0.5, 0.6) is 0 Å². The Kier molecular flexibility index (Phi) is 5.99. The van der Waals surface area contributed by atoms with Crippen LogP contribution in [0.25, 0.3) is 11.4 Å². The van der Waals surface area contributed by atoms with Crippen molar-refractivity contribution in [2.75, 3.05) is 11.1 Å². The summed E-state index contributed by atoms with van der Waals surface area (Å²) in [5.74, 6) is 0.398. The average molecular weight is 398 g/mol. The molecule has 0 unspecified atom stereocenters. The number of hydrogen-bond acceptors (Lipinski definition) is 7. The first-order valence-corrected chi connectivity index (χ1v) is 9.49. The van der Waals surface area contributed by atoms with E-state index < -0.39 is 4.92 Å². The number of hydrogen-bond donors (Lipinski definition) is 1. The zero-order valence-electron chi connectivity index (χ0n) is 15.3. The van der Waals surface area contributed by atoms with E-state index in [2.05, 4.69) is 20.5 Å². The maximum atomic E-state index is 12.3. The maximum absolute atomic E-state index is 12.3. The number of pyridine rings is 1. The highest BCUT2D eigenvalue weighted by Crippen LogP contribution is 2.27. The molecule has 144 valence electrons. The second kappa shape index (κ2) is 8.61. The lowest BCUT2D eigenvalue weighted by atomic mass is 10.2. The summed E-state index contributed by atoms with van der Waals surface area (Å²) in [6.07, 6.45) is 3.36. The standard InChI is InChI=1S/C18H18N6O3S/c1-3-23-17(13-6-8-19-9-7-13)21-22-18(23)28-11-16(25)20-14-5-4-12(2)10-15(14)24(26)27/h4-10H,3,11H2,1-2H3,(H,20,25). The number of amides is 1. The predicted molar refractivity (Wildman–Crippen MR) is 106 cm³/mol. The maximum Gasteiger partial charge on any atom is 0.293 e. The minimum absolute atomic E-state index is 0.0551. The van der Waals surface area contributed by atoms with Crippen molar-refractivity contribution in [2.24, 2.45) is 0 Å². The highest BCUT2D eigenvalue weighted by molar-refractivity contribution is 7.99. The van der Waals surface area contributed by atoms with Crippen LogP contribution in [0.1, 0.15) is 12.5 Å². The molecule has 0 radical (unpaired) electrons. The normalized spacial score (nSPS) is 10.6. The number of aromatic nitrogens is 4. The van der Waals surface area contributed by atoms with Gasteiger partial charge in [0.2, 0.25) is 5.91 Å². The van der Waals surface area contributed by atoms with Gasteiger partial charge < -0.3 is 9.88 Å². The zero-order valence-corrected chi connectivity index (χ0v) is 16.1. The largest absolute Gasteiger partial charge is 0.320 e. The lowest BCUT2D eigenvalue weighted by Crippen LogP contribution is -2.15. The Morgan fingerprint density at radius 2 is 2.00 bits per heavy atom. The van der Waals surface area contributed by atoms with E-state index in [0.29, 0.717) is 17.5 Å². The fourth-order valence-electron chi connectivity index (χ4n) is 2.61. The van der Waals surface area contributed by atoms with E-state index in [0.717, 1.165) is 11.1 Å². The highest BCUT2D eigenvalue weighted by Gasteiger charge is 2.18. The molecule has 28 heavy (non-hydrogen) atoms. The van der Waals surface area contributed by atoms with Crippen LogP contribution in [-0.4, -0.2) is 36.3 Å². The summed E-state index contributed by atoms with van der Waals surface area (Å²) in [6, 6.07) is 8.36. The van der Waals surface area contributed by atoms with Gasteiger partial charge in [-0.05, 0) is 37.6 Å². The van der Waals surface area contributed by atoms with Crippen molar-refractivity contribution in [1.29, 1.82) is 0 Å². The molecule has 1 amide bonds. The predicted octanol–water partition coefficient (Wildman–Crippen LogP) is 3.31. The molecule has 0 aliphatic rings. The number of nitro groups is 1. The summed E-state index contributed by atoms with van der Waals surface area (Å²) in [6.45, 7) is 4.36. The molecule has 1 N–H and O–H groups in total. The minimum Gasteiger partial charge on any atom is -0.320 e. The fourth-order valence-corrected chi connectivity index (χ4v) is 3.41. The third-order valence-electron chi connectivity index (χ3n) is 3.93. The van der Waals surface area contributed by atoms with E-state index in [1.807, 2.05) is 23.6 Å². The van der Waals surface area contributed by atoms with E-state index in [1.165, 1.54) is 23.9 Å². The summed E-state index contributed by atoms with van der Waals surface area (Å²) in [5.41, 5.74) is 1.68. The second-order valence-corrected chi connectivity index (χ2v) is 6.84. The van der Waals surface area contributed by atoms with Gasteiger partial charge in [0.1, 0.15) is 5.69 Å². The van der Waals surface area contributed by atoms with Gasteiger partial charge in [0, 0.05) is 30.6 Å². The molecular formula is C18H18N6O3S. The van der Waals surface area contributed by atoms with Gasteiger partial charge in [-0.1, -0.05) is 17.8 Å².